The molecule has 24 heavy (non-hydrogen) atoms. The molecule has 136 valence electrons. The molecule has 2 aliphatic rings. The van der Waals surface area contributed by atoms with Gasteiger partial charge in [-0.15, -0.1) is 12.4 Å². The lowest BCUT2D eigenvalue weighted by Crippen LogP contribution is -2.33. The summed E-state index contributed by atoms with van der Waals surface area (Å²) in [5.74, 6) is 1.32. The van der Waals surface area contributed by atoms with E-state index in [1.807, 2.05) is 0 Å². The second kappa shape index (κ2) is 7.25. The highest BCUT2D eigenvalue weighted by molar-refractivity contribution is 7.89. The molecule has 0 radical (unpaired) electrons. The maximum absolute atomic E-state index is 13.0. The largest absolute Gasteiger partial charge is 0.493 e. The highest BCUT2D eigenvalue weighted by Gasteiger charge is 2.45. The smallest absolute Gasteiger partial charge is 0.244 e. The van der Waals surface area contributed by atoms with Crippen LogP contribution < -0.4 is 15.2 Å². The first-order valence-corrected chi connectivity index (χ1v) is 9.37. The first-order chi connectivity index (χ1) is 10.9. The standard InChI is InChI=1S/C15H21ClN2O4S.ClH/c1-21-13-5-11(16)15(6-14(13)22-2)23(19,20)18-7-9-3-4-12(17)10(9)8-18;/h5-6,9-10,12H,3-4,7-8,17H2,1-2H3;1H. The van der Waals surface area contributed by atoms with E-state index < -0.39 is 10.0 Å². The van der Waals surface area contributed by atoms with Crippen molar-refractivity contribution in [2.75, 3.05) is 27.3 Å². The van der Waals surface area contributed by atoms with E-state index in [1.165, 1.54) is 30.7 Å². The van der Waals surface area contributed by atoms with Crippen molar-refractivity contribution in [3.05, 3.63) is 17.2 Å². The molecule has 6 nitrogen and oxygen atoms in total. The van der Waals surface area contributed by atoms with Gasteiger partial charge in [-0.1, -0.05) is 11.6 Å². The molecule has 2 N–H and O–H groups in total. The summed E-state index contributed by atoms with van der Waals surface area (Å²) in [6, 6.07) is 2.97. The van der Waals surface area contributed by atoms with Gasteiger partial charge in [0.25, 0.3) is 0 Å². The summed E-state index contributed by atoms with van der Waals surface area (Å²) in [5, 5.41) is 0.129. The molecule has 1 aliphatic carbocycles. The Labute approximate surface area is 153 Å². The number of hydrogen-bond acceptors (Lipinski definition) is 5. The molecule has 1 heterocycles. The third-order valence-corrected chi connectivity index (χ3v) is 7.23. The average Bonchev–Trinajstić information content (AvgIpc) is 3.09. The number of nitrogens with zero attached hydrogens (tertiary/aromatic N) is 1. The van der Waals surface area contributed by atoms with Crippen LogP contribution in [0.25, 0.3) is 0 Å². The van der Waals surface area contributed by atoms with Gasteiger partial charge in [0.1, 0.15) is 4.90 Å². The van der Waals surface area contributed by atoms with Crippen molar-refractivity contribution in [2.24, 2.45) is 17.6 Å². The Morgan fingerprint density at radius 1 is 1.17 bits per heavy atom. The second-order valence-electron chi connectivity index (χ2n) is 6.12. The molecule has 0 spiro atoms. The minimum absolute atomic E-state index is 0. The predicted molar refractivity (Wildman–Crippen MR) is 94.8 cm³/mol. The van der Waals surface area contributed by atoms with Gasteiger partial charge in [0.2, 0.25) is 10.0 Å². The zero-order chi connectivity index (χ0) is 16.8. The lowest BCUT2D eigenvalue weighted by Gasteiger charge is -2.20. The Balaban J connectivity index is 0.00000208. The first kappa shape index (κ1) is 19.6. The number of rotatable bonds is 4. The van der Waals surface area contributed by atoms with Crippen LogP contribution >= 0.6 is 24.0 Å². The van der Waals surface area contributed by atoms with E-state index >= 15 is 0 Å². The number of hydrogen-bond donors (Lipinski definition) is 1. The fourth-order valence-electron chi connectivity index (χ4n) is 3.64. The zero-order valence-corrected chi connectivity index (χ0v) is 16.0. The van der Waals surface area contributed by atoms with E-state index in [4.69, 9.17) is 26.8 Å². The van der Waals surface area contributed by atoms with Crippen LogP contribution in [0.5, 0.6) is 11.5 Å². The number of nitrogens with two attached hydrogens (primary N) is 1. The van der Waals surface area contributed by atoms with Gasteiger partial charge in [-0.2, -0.15) is 4.31 Å². The second-order valence-corrected chi connectivity index (χ2v) is 8.44. The fourth-order valence-corrected chi connectivity index (χ4v) is 5.68. The van der Waals surface area contributed by atoms with E-state index in [1.54, 1.807) is 0 Å². The van der Waals surface area contributed by atoms with Gasteiger partial charge in [0.05, 0.1) is 19.2 Å². The number of halogens is 2. The number of benzene rings is 1. The molecule has 0 amide bonds. The van der Waals surface area contributed by atoms with Gasteiger partial charge in [-0.3, -0.25) is 0 Å². The van der Waals surface area contributed by atoms with Gasteiger partial charge < -0.3 is 15.2 Å². The van der Waals surface area contributed by atoms with E-state index in [9.17, 15) is 8.42 Å². The third kappa shape index (κ3) is 3.20. The summed E-state index contributed by atoms with van der Waals surface area (Å²) in [7, 11) is -0.745. The van der Waals surface area contributed by atoms with Crippen LogP contribution in [0.4, 0.5) is 0 Å². The normalized spacial score (nSPS) is 26.8. The summed E-state index contributed by atoms with van der Waals surface area (Å²) >= 11 is 6.18. The molecule has 1 saturated carbocycles. The molecule has 2 fully saturated rings. The van der Waals surface area contributed by atoms with Gasteiger partial charge >= 0.3 is 0 Å². The van der Waals surface area contributed by atoms with Crippen molar-refractivity contribution >= 4 is 34.0 Å². The lowest BCUT2D eigenvalue weighted by atomic mass is 9.98. The molecular formula is C15H22Cl2N2O4S. The number of fused-ring (bicyclic) bond motifs is 1. The number of ether oxygens (including phenoxy) is 2. The number of methoxy groups -OCH3 is 2. The molecular weight excluding hydrogens is 375 g/mol. The summed E-state index contributed by atoms with van der Waals surface area (Å²) in [4.78, 5) is 0.0466. The topological polar surface area (TPSA) is 81.9 Å². The minimum Gasteiger partial charge on any atom is -0.493 e. The average molecular weight is 397 g/mol. The summed E-state index contributed by atoms with van der Waals surface area (Å²) in [5.41, 5.74) is 6.09. The Kier molecular flexibility index (Phi) is 5.92. The van der Waals surface area contributed by atoms with Crippen molar-refractivity contribution in [2.45, 2.75) is 23.8 Å². The molecule has 3 unspecified atom stereocenters. The van der Waals surface area contributed by atoms with Crippen molar-refractivity contribution in [1.82, 2.24) is 4.31 Å². The lowest BCUT2D eigenvalue weighted by molar-refractivity contribution is 0.353. The van der Waals surface area contributed by atoms with Gasteiger partial charge in [-0.25, -0.2) is 8.42 Å². The maximum Gasteiger partial charge on any atom is 0.244 e. The van der Waals surface area contributed by atoms with E-state index in [2.05, 4.69) is 0 Å². The molecule has 0 bridgehead atoms. The Morgan fingerprint density at radius 2 is 1.79 bits per heavy atom. The molecule has 1 saturated heterocycles. The predicted octanol–water partition coefficient (Wildman–Crippen LogP) is 2.14. The monoisotopic (exact) mass is 396 g/mol. The molecule has 9 heteroatoms. The molecule has 3 atom stereocenters. The van der Waals surface area contributed by atoms with Crippen LogP contribution in [0.3, 0.4) is 0 Å². The van der Waals surface area contributed by atoms with E-state index in [0.29, 0.717) is 30.5 Å². The highest BCUT2D eigenvalue weighted by atomic mass is 35.5. The van der Waals surface area contributed by atoms with Crippen molar-refractivity contribution in [3.63, 3.8) is 0 Å². The van der Waals surface area contributed by atoms with Crippen molar-refractivity contribution in [3.8, 4) is 11.5 Å². The highest BCUT2D eigenvalue weighted by Crippen LogP contribution is 2.42. The van der Waals surface area contributed by atoms with Crippen molar-refractivity contribution in [1.29, 1.82) is 0 Å². The summed E-state index contributed by atoms with van der Waals surface area (Å²) in [6.45, 7) is 0.963. The van der Waals surface area contributed by atoms with Crippen LogP contribution in [0.1, 0.15) is 12.8 Å². The Morgan fingerprint density at radius 3 is 2.38 bits per heavy atom. The Hall–Kier alpha value is -0.730. The summed E-state index contributed by atoms with van der Waals surface area (Å²) in [6.07, 6.45) is 1.96. The SMILES string of the molecule is COc1cc(Cl)c(S(=O)(=O)N2CC3CCC(N)C3C2)cc1OC.Cl. The molecule has 1 aromatic carbocycles. The quantitative estimate of drug-likeness (QED) is 0.842. The molecule has 3 rings (SSSR count). The third-order valence-electron chi connectivity index (χ3n) is 4.93. The van der Waals surface area contributed by atoms with Crippen LogP contribution in [0.15, 0.2) is 17.0 Å². The van der Waals surface area contributed by atoms with Gasteiger partial charge in [-0.05, 0) is 24.7 Å². The Bertz CT molecular complexity index is 714. The summed E-state index contributed by atoms with van der Waals surface area (Å²) < 4.78 is 37.8. The van der Waals surface area contributed by atoms with Gasteiger partial charge in [0, 0.05) is 31.3 Å². The van der Waals surface area contributed by atoms with E-state index in [0.717, 1.165) is 12.8 Å². The maximum atomic E-state index is 13.0. The fraction of sp³-hybridized carbons (Fsp3) is 0.600. The molecule has 0 aromatic heterocycles. The zero-order valence-electron chi connectivity index (χ0n) is 13.6. The van der Waals surface area contributed by atoms with Crippen LogP contribution in [-0.2, 0) is 10.0 Å². The first-order valence-electron chi connectivity index (χ1n) is 7.55. The van der Waals surface area contributed by atoms with Gasteiger partial charge in [0.15, 0.2) is 11.5 Å². The van der Waals surface area contributed by atoms with Crippen molar-refractivity contribution < 1.29 is 17.9 Å². The molecule has 1 aromatic rings. The van der Waals surface area contributed by atoms with Crippen LogP contribution in [0.2, 0.25) is 5.02 Å². The van der Waals surface area contributed by atoms with Crippen LogP contribution in [0, 0.1) is 11.8 Å². The minimum atomic E-state index is -3.68. The molecule has 1 aliphatic heterocycles. The van der Waals surface area contributed by atoms with Crippen LogP contribution in [-0.4, -0.2) is 46.1 Å². The number of sulfonamides is 1. The van der Waals surface area contributed by atoms with E-state index in [-0.39, 0.29) is 34.3 Å².